The summed E-state index contributed by atoms with van der Waals surface area (Å²) in [7, 11) is 1.86. The molecule has 2 heterocycles. The minimum absolute atomic E-state index is 0.499. The van der Waals surface area contributed by atoms with E-state index in [1.807, 2.05) is 25.4 Å². The Morgan fingerprint density at radius 1 is 1.50 bits per heavy atom. The minimum Gasteiger partial charge on any atom is -0.388 e. The van der Waals surface area contributed by atoms with Crippen LogP contribution in [0.2, 0.25) is 0 Å². The second kappa shape index (κ2) is 4.76. The molecular weight excluding hydrogens is 270 g/mol. The summed E-state index contributed by atoms with van der Waals surface area (Å²) in [5.41, 5.74) is 1.66. The lowest BCUT2D eigenvalue weighted by molar-refractivity contribution is 0.176. The van der Waals surface area contributed by atoms with Crippen LogP contribution in [0.4, 0.5) is 0 Å². The van der Waals surface area contributed by atoms with Crippen LogP contribution in [0, 0.1) is 0 Å². The average Bonchev–Trinajstić information content (AvgIpc) is 2.64. The summed E-state index contributed by atoms with van der Waals surface area (Å²) in [6, 6.07) is 3.76. The van der Waals surface area contributed by atoms with Crippen LogP contribution in [0.15, 0.2) is 35.2 Å². The standard InChI is InChI=1S/C11H12BrN3O/c1-15-3-2-10(14-15)5-11(16)8-4-9(12)7-13-6-8/h2-4,6-7,11,16H,5H2,1H3. The van der Waals surface area contributed by atoms with Crippen LogP contribution in [0.25, 0.3) is 0 Å². The SMILES string of the molecule is Cn1ccc(CC(O)c2cncc(Br)c2)n1. The lowest BCUT2D eigenvalue weighted by Gasteiger charge is -2.08. The fourth-order valence-electron chi connectivity index (χ4n) is 1.50. The highest BCUT2D eigenvalue weighted by atomic mass is 79.9. The van der Waals surface area contributed by atoms with Gasteiger partial charge in [0.15, 0.2) is 0 Å². The summed E-state index contributed by atoms with van der Waals surface area (Å²) in [6.45, 7) is 0. The summed E-state index contributed by atoms with van der Waals surface area (Å²) >= 11 is 3.33. The van der Waals surface area contributed by atoms with E-state index in [1.54, 1.807) is 17.1 Å². The molecule has 5 heteroatoms. The zero-order chi connectivity index (χ0) is 11.5. The van der Waals surface area contributed by atoms with E-state index in [0.717, 1.165) is 15.7 Å². The van der Waals surface area contributed by atoms with Gasteiger partial charge in [0.25, 0.3) is 0 Å². The molecule has 0 aromatic carbocycles. The molecule has 0 aliphatic rings. The highest BCUT2D eigenvalue weighted by Crippen LogP contribution is 2.19. The molecule has 0 amide bonds. The Balaban J connectivity index is 2.11. The van der Waals surface area contributed by atoms with Crippen molar-refractivity contribution in [3.05, 3.63) is 46.5 Å². The van der Waals surface area contributed by atoms with E-state index in [2.05, 4.69) is 26.0 Å². The zero-order valence-electron chi connectivity index (χ0n) is 8.84. The number of aryl methyl sites for hydroxylation is 1. The van der Waals surface area contributed by atoms with Gasteiger partial charge in [-0.1, -0.05) is 0 Å². The number of halogens is 1. The molecule has 0 fully saturated rings. The summed E-state index contributed by atoms with van der Waals surface area (Å²) in [5.74, 6) is 0. The van der Waals surface area contributed by atoms with E-state index in [-0.39, 0.29) is 0 Å². The first-order valence-electron chi connectivity index (χ1n) is 4.92. The number of hydrogen-bond acceptors (Lipinski definition) is 3. The van der Waals surface area contributed by atoms with Crippen molar-refractivity contribution >= 4 is 15.9 Å². The molecule has 4 nitrogen and oxygen atoms in total. The molecule has 0 saturated carbocycles. The van der Waals surface area contributed by atoms with Gasteiger partial charge in [0, 0.05) is 42.1 Å². The van der Waals surface area contributed by atoms with Gasteiger partial charge in [0.1, 0.15) is 0 Å². The molecule has 1 N–H and O–H groups in total. The summed E-state index contributed by atoms with van der Waals surface area (Å²) in [5, 5.41) is 14.2. The van der Waals surface area contributed by atoms with E-state index in [1.165, 1.54) is 0 Å². The highest BCUT2D eigenvalue weighted by molar-refractivity contribution is 9.10. The minimum atomic E-state index is -0.570. The maximum Gasteiger partial charge on any atom is 0.0861 e. The van der Waals surface area contributed by atoms with Gasteiger partial charge in [0.05, 0.1) is 11.8 Å². The fourth-order valence-corrected chi connectivity index (χ4v) is 1.88. The van der Waals surface area contributed by atoms with Crippen LogP contribution in [-0.2, 0) is 13.5 Å². The summed E-state index contributed by atoms with van der Waals surface area (Å²) < 4.78 is 2.59. The average molecular weight is 282 g/mol. The topological polar surface area (TPSA) is 50.9 Å². The van der Waals surface area contributed by atoms with Gasteiger partial charge < -0.3 is 5.11 Å². The van der Waals surface area contributed by atoms with E-state index in [9.17, 15) is 5.11 Å². The number of pyridine rings is 1. The number of aliphatic hydroxyl groups excluding tert-OH is 1. The Labute approximate surface area is 102 Å². The Morgan fingerprint density at radius 3 is 2.94 bits per heavy atom. The van der Waals surface area contributed by atoms with E-state index in [0.29, 0.717) is 6.42 Å². The molecular formula is C11H12BrN3O. The molecule has 2 aromatic heterocycles. The van der Waals surface area contributed by atoms with E-state index >= 15 is 0 Å². The smallest absolute Gasteiger partial charge is 0.0861 e. The Morgan fingerprint density at radius 2 is 2.31 bits per heavy atom. The van der Waals surface area contributed by atoms with Gasteiger partial charge in [-0.25, -0.2) is 0 Å². The second-order valence-electron chi connectivity index (χ2n) is 3.64. The molecule has 1 unspecified atom stereocenters. The van der Waals surface area contributed by atoms with Crippen molar-refractivity contribution < 1.29 is 5.11 Å². The number of nitrogens with zero attached hydrogens (tertiary/aromatic N) is 3. The van der Waals surface area contributed by atoms with Gasteiger partial charge in [-0.2, -0.15) is 5.10 Å². The molecule has 16 heavy (non-hydrogen) atoms. The molecule has 84 valence electrons. The van der Waals surface area contributed by atoms with Crippen LogP contribution in [0.1, 0.15) is 17.4 Å². The van der Waals surface area contributed by atoms with Crippen LogP contribution in [-0.4, -0.2) is 19.9 Å². The van der Waals surface area contributed by atoms with Crippen molar-refractivity contribution in [1.29, 1.82) is 0 Å². The Hall–Kier alpha value is -1.20. The molecule has 0 saturated heterocycles. The summed E-state index contributed by atoms with van der Waals surface area (Å²) in [4.78, 5) is 4.02. The van der Waals surface area contributed by atoms with Crippen LogP contribution < -0.4 is 0 Å². The summed E-state index contributed by atoms with van der Waals surface area (Å²) in [6.07, 6.45) is 5.15. The number of hydrogen-bond donors (Lipinski definition) is 1. The second-order valence-corrected chi connectivity index (χ2v) is 4.55. The van der Waals surface area contributed by atoms with Crippen LogP contribution >= 0.6 is 15.9 Å². The van der Waals surface area contributed by atoms with Gasteiger partial charge in [-0.05, 0) is 28.1 Å². The monoisotopic (exact) mass is 281 g/mol. The van der Waals surface area contributed by atoms with Gasteiger partial charge in [-0.15, -0.1) is 0 Å². The van der Waals surface area contributed by atoms with Crippen molar-refractivity contribution in [2.75, 3.05) is 0 Å². The third-order valence-electron chi connectivity index (χ3n) is 2.28. The number of aliphatic hydroxyl groups is 1. The molecule has 0 radical (unpaired) electrons. The van der Waals surface area contributed by atoms with Gasteiger partial charge >= 0.3 is 0 Å². The number of rotatable bonds is 3. The highest BCUT2D eigenvalue weighted by Gasteiger charge is 2.10. The van der Waals surface area contributed by atoms with Crippen molar-refractivity contribution in [3.8, 4) is 0 Å². The lowest BCUT2D eigenvalue weighted by Crippen LogP contribution is -2.03. The quantitative estimate of drug-likeness (QED) is 0.934. The molecule has 1 atom stereocenters. The van der Waals surface area contributed by atoms with Crippen molar-refractivity contribution in [2.24, 2.45) is 7.05 Å². The largest absolute Gasteiger partial charge is 0.388 e. The third-order valence-corrected chi connectivity index (χ3v) is 2.72. The first-order valence-corrected chi connectivity index (χ1v) is 5.71. The van der Waals surface area contributed by atoms with Crippen molar-refractivity contribution in [1.82, 2.24) is 14.8 Å². The van der Waals surface area contributed by atoms with Crippen LogP contribution in [0.3, 0.4) is 0 Å². The maximum atomic E-state index is 10.00. The normalized spacial score (nSPS) is 12.7. The molecule has 2 rings (SSSR count). The van der Waals surface area contributed by atoms with Gasteiger partial charge in [0.2, 0.25) is 0 Å². The van der Waals surface area contributed by atoms with E-state index < -0.39 is 6.10 Å². The fraction of sp³-hybridized carbons (Fsp3) is 0.273. The van der Waals surface area contributed by atoms with Crippen LogP contribution in [0.5, 0.6) is 0 Å². The third kappa shape index (κ3) is 2.68. The van der Waals surface area contributed by atoms with E-state index in [4.69, 9.17) is 0 Å². The first kappa shape index (κ1) is 11.3. The maximum absolute atomic E-state index is 10.00. The predicted octanol–water partition coefficient (Wildman–Crippen LogP) is 1.85. The van der Waals surface area contributed by atoms with Crippen molar-refractivity contribution in [2.45, 2.75) is 12.5 Å². The molecule has 0 aliphatic heterocycles. The van der Waals surface area contributed by atoms with Crippen molar-refractivity contribution in [3.63, 3.8) is 0 Å². The molecule has 0 spiro atoms. The lowest BCUT2D eigenvalue weighted by atomic mass is 10.1. The van der Waals surface area contributed by atoms with Gasteiger partial charge in [-0.3, -0.25) is 9.67 Å². The molecule has 2 aromatic rings. The predicted molar refractivity (Wildman–Crippen MR) is 63.8 cm³/mol. The molecule has 0 bridgehead atoms. The number of aromatic nitrogens is 3. The Bertz CT molecular complexity index is 484. The molecule has 0 aliphatic carbocycles. The Kier molecular flexibility index (Phi) is 3.36. The zero-order valence-corrected chi connectivity index (χ0v) is 10.4. The first-order chi connectivity index (χ1) is 7.65.